The predicted molar refractivity (Wildman–Crippen MR) is 76.7 cm³/mol. The number of nitrogens with one attached hydrogen (secondary N) is 1. The third-order valence-corrected chi connectivity index (χ3v) is 5.11. The number of rotatable bonds is 3. The largest absolute Gasteiger partial charge is 0.312 e. The van der Waals surface area contributed by atoms with Crippen LogP contribution in [0.5, 0.6) is 0 Å². The van der Waals surface area contributed by atoms with Crippen LogP contribution in [0.15, 0.2) is 0 Å². The van der Waals surface area contributed by atoms with E-state index in [1.807, 2.05) is 0 Å². The van der Waals surface area contributed by atoms with E-state index in [0.29, 0.717) is 11.5 Å². The zero-order valence-electron chi connectivity index (χ0n) is 12.4. The van der Waals surface area contributed by atoms with Crippen molar-refractivity contribution in [2.24, 2.45) is 17.3 Å². The molecule has 1 atom stereocenters. The van der Waals surface area contributed by atoms with Gasteiger partial charge in [-0.3, -0.25) is 4.90 Å². The van der Waals surface area contributed by atoms with Crippen LogP contribution < -0.4 is 5.32 Å². The molecule has 0 spiro atoms. The summed E-state index contributed by atoms with van der Waals surface area (Å²) >= 11 is 0. The van der Waals surface area contributed by atoms with E-state index in [1.165, 1.54) is 51.7 Å². The minimum atomic E-state index is 0.389. The smallest absolute Gasteiger partial charge is 0.0243 e. The highest BCUT2D eigenvalue weighted by atomic mass is 15.2. The van der Waals surface area contributed by atoms with Gasteiger partial charge >= 0.3 is 0 Å². The van der Waals surface area contributed by atoms with Gasteiger partial charge in [-0.25, -0.2) is 0 Å². The molecule has 0 radical (unpaired) electrons. The minimum absolute atomic E-state index is 0.389. The maximum absolute atomic E-state index is 3.78. The summed E-state index contributed by atoms with van der Waals surface area (Å²) in [5.41, 5.74) is 0.389. The zero-order chi connectivity index (χ0) is 12.8. The van der Waals surface area contributed by atoms with E-state index in [0.717, 1.165) is 17.9 Å². The summed E-state index contributed by atoms with van der Waals surface area (Å²) in [6, 6.07) is 1.61. The van der Waals surface area contributed by atoms with Crippen LogP contribution in [0.1, 0.15) is 52.9 Å². The second kappa shape index (κ2) is 4.79. The van der Waals surface area contributed by atoms with Crippen molar-refractivity contribution in [3.8, 4) is 0 Å². The number of hydrogen-bond acceptors (Lipinski definition) is 2. The van der Waals surface area contributed by atoms with Crippen LogP contribution >= 0.6 is 0 Å². The van der Waals surface area contributed by atoms with Crippen molar-refractivity contribution in [2.75, 3.05) is 19.6 Å². The first-order valence-corrected chi connectivity index (χ1v) is 8.03. The summed E-state index contributed by atoms with van der Waals surface area (Å²) in [6.45, 7) is 11.0. The van der Waals surface area contributed by atoms with Gasteiger partial charge in [0, 0.05) is 18.6 Å². The van der Waals surface area contributed by atoms with Crippen LogP contribution in [0.4, 0.5) is 0 Å². The molecule has 104 valence electrons. The first-order valence-electron chi connectivity index (χ1n) is 8.03. The normalized spacial score (nSPS) is 31.7. The van der Waals surface area contributed by atoms with Crippen LogP contribution in [-0.2, 0) is 0 Å². The molecule has 18 heavy (non-hydrogen) atoms. The van der Waals surface area contributed by atoms with E-state index in [4.69, 9.17) is 0 Å². The van der Waals surface area contributed by atoms with E-state index < -0.39 is 0 Å². The Morgan fingerprint density at radius 2 is 1.67 bits per heavy atom. The standard InChI is InChI=1S/C16H30N2/c1-16(2,3)14-11-18(10-4-9-17-14)15(12-5-6-12)13-7-8-13/h12-15,17H,4-11H2,1-3H3. The average molecular weight is 250 g/mol. The number of nitrogens with zero attached hydrogens (tertiary/aromatic N) is 1. The van der Waals surface area contributed by atoms with Gasteiger partial charge in [-0.2, -0.15) is 0 Å². The fourth-order valence-corrected chi connectivity index (χ4v) is 3.66. The lowest BCUT2D eigenvalue weighted by atomic mass is 9.86. The summed E-state index contributed by atoms with van der Waals surface area (Å²) in [4.78, 5) is 2.87. The van der Waals surface area contributed by atoms with Gasteiger partial charge < -0.3 is 5.32 Å². The number of hydrogen-bond donors (Lipinski definition) is 1. The Labute approximate surface area is 113 Å². The van der Waals surface area contributed by atoms with Crippen molar-refractivity contribution in [3.05, 3.63) is 0 Å². The molecule has 0 aromatic heterocycles. The second-order valence-electron chi connectivity index (χ2n) is 7.89. The highest BCUT2D eigenvalue weighted by Crippen LogP contribution is 2.47. The van der Waals surface area contributed by atoms with Gasteiger partial charge in [0.05, 0.1) is 0 Å². The molecule has 3 aliphatic rings. The first kappa shape index (κ1) is 12.9. The molecule has 3 fully saturated rings. The Kier molecular flexibility index (Phi) is 3.44. The lowest BCUT2D eigenvalue weighted by Crippen LogP contribution is -2.49. The summed E-state index contributed by atoms with van der Waals surface area (Å²) in [6.07, 6.45) is 7.36. The molecule has 0 aromatic rings. The molecular formula is C16H30N2. The summed E-state index contributed by atoms with van der Waals surface area (Å²) in [5, 5.41) is 3.78. The van der Waals surface area contributed by atoms with Gasteiger partial charge in [0.2, 0.25) is 0 Å². The molecule has 0 amide bonds. The molecule has 0 aromatic carbocycles. The van der Waals surface area contributed by atoms with E-state index in [-0.39, 0.29) is 0 Å². The second-order valence-corrected chi connectivity index (χ2v) is 7.89. The molecule has 2 aliphatic carbocycles. The highest BCUT2D eigenvalue weighted by molar-refractivity contribution is 5.00. The molecule has 2 saturated carbocycles. The van der Waals surface area contributed by atoms with Crippen LogP contribution in [0.25, 0.3) is 0 Å². The van der Waals surface area contributed by atoms with E-state index >= 15 is 0 Å². The fraction of sp³-hybridized carbons (Fsp3) is 1.00. The van der Waals surface area contributed by atoms with Gasteiger partial charge in [-0.15, -0.1) is 0 Å². The molecule has 2 nitrogen and oxygen atoms in total. The van der Waals surface area contributed by atoms with Crippen molar-refractivity contribution in [1.29, 1.82) is 0 Å². The average Bonchev–Trinajstić information content (AvgIpc) is 3.17. The molecule has 0 bridgehead atoms. The summed E-state index contributed by atoms with van der Waals surface area (Å²) in [7, 11) is 0. The highest BCUT2D eigenvalue weighted by Gasteiger charge is 2.45. The molecule has 1 unspecified atom stereocenters. The van der Waals surface area contributed by atoms with E-state index in [1.54, 1.807) is 0 Å². The van der Waals surface area contributed by atoms with Crippen molar-refractivity contribution in [2.45, 2.75) is 65.0 Å². The summed E-state index contributed by atoms with van der Waals surface area (Å²) < 4.78 is 0. The van der Waals surface area contributed by atoms with Crippen molar-refractivity contribution in [3.63, 3.8) is 0 Å². The van der Waals surface area contributed by atoms with Crippen molar-refractivity contribution in [1.82, 2.24) is 10.2 Å². The van der Waals surface area contributed by atoms with Crippen LogP contribution in [0.2, 0.25) is 0 Å². The lowest BCUT2D eigenvalue weighted by Gasteiger charge is -2.37. The molecule has 2 heteroatoms. The van der Waals surface area contributed by atoms with Gasteiger partial charge in [0.15, 0.2) is 0 Å². The topological polar surface area (TPSA) is 15.3 Å². The van der Waals surface area contributed by atoms with Gasteiger partial charge in [0.25, 0.3) is 0 Å². The van der Waals surface area contributed by atoms with Crippen LogP contribution in [0.3, 0.4) is 0 Å². The van der Waals surface area contributed by atoms with Gasteiger partial charge in [0.1, 0.15) is 0 Å². The maximum atomic E-state index is 3.78. The molecule has 1 N–H and O–H groups in total. The molecular weight excluding hydrogens is 220 g/mol. The van der Waals surface area contributed by atoms with Crippen molar-refractivity contribution < 1.29 is 0 Å². The third-order valence-electron chi connectivity index (χ3n) is 5.11. The minimum Gasteiger partial charge on any atom is -0.312 e. The summed E-state index contributed by atoms with van der Waals surface area (Å²) in [5.74, 6) is 2.10. The Bertz CT molecular complexity index is 274. The molecule has 1 saturated heterocycles. The quantitative estimate of drug-likeness (QED) is 0.828. The predicted octanol–water partition coefficient (Wildman–Crippen LogP) is 2.89. The monoisotopic (exact) mass is 250 g/mol. The third kappa shape index (κ3) is 2.91. The van der Waals surface area contributed by atoms with Crippen LogP contribution in [0, 0.1) is 17.3 Å². The van der Waals surface area contributed by atoms with Crippen molar-refractivity contribution >= 4 is 0 Å². The Morgan fingerprint density at radius 3 is 2.17 bits per heavy atom. The SMILES string of the molecule is CC(C)(C)C1CN(C(C2CC2)C2CC2)CCCN1. The first-order chi connectivity index (χ1) is 8.55. The lowest BCUT2D eigenvalue weighted by molar-refractivity contribution is 0.126. The molecule has 3 rings (SSSR count). The molecule has 1 aliphatic heterocycles. The van der Waals surface area contributed by atoms with Crippen LogP contribution in [-0.4, -0.2) is 36.6 Å². The Balaban J connectivity index is 1.69. The van der Waals surface area contributed by atoms with E-state index in [2.05, 4.69) is 31.0 Å². The van der Waals surface area contributed by atoms with E-state index in [9.17, 15) is 0 Å². The van der Waals surface area contributed by atoms with Gasteiger partial charge in [-0.05, 0) is 62.4 Å². The molecule has 1 heterocycles. The fourth-order valence-electron chi connectivity index (χ4n) is 3.66. The Hall–Kier alpha value is -0.0800. The maximum Gasteiger partial charge on any atom is 0.0243 e. The zero-order valence-corrected chi connectivity index (χ0v) is 12.4. The Morgan fingerprint density at radius 1 is 1.06 bits per heavy atom. The van der Waals surface area contributed by atoms with Gasteiger partial charge in [-0.1, -0.05) is 20.8 Å².